The smallest absolute Gasteiger partial charge is 0.0589 e. The van der Waals surface area contributed by atoms with E-state index in [4.69, 9.17) is 10.5 Å². The SMILES string of the molecule is CCN(CCOC)CC(N)c1ccccc1. The first kappa shape index (κ1) is 13.2. The quantitative estimate of drug-likeness (QED) is 0.762. The summed E-state index contributed by atoms with van der Waals surface area (Å²) in [5, 5.41) is 0. The van der Waals surface area contributed by atoms with Crippen LogP contribution in [0, 0.1) is 0 Å². The number of nitrogens with zero attached hydrogens (tertiary/aromatic N) is 1. The number of rotatable bonds is 7. The first-order chi connectivity index (χ1) is 7.77. The van der Waals surface area contributed by atoms with E-state index in [0.29, 0.717) is 0 Å². The standard InChI is InChI=1S/C13H22N2O/c1-3-15(9-10-16-2)11-13(14)12-7-5-4-6-8-12/h4-8,13H,3,9-11,14H2,1-2H3. The number of benzene rings is 1. The van der Waals surface area contributed by atoms with Gasteiger partial charge in [-0.05, 0) is 12.1 Å². The molecule has 0 aliphatic rings. The van der Waals surface area contributed by atoms with Gasteiger partial charge in [0.15, 0.2) is 0 Å². The minimum atomic E-state index is 0.0815. The van der Waals surface area contributed by atoms with E-state index in [-0.39, 0.29) is 6.04 Å². The summed E-state index contributed by atoms with van der Waals surface area (Å²) < 4.78 is 5.08. The lowest BCUT2D eigenvalue weighted by Crippen LogP contribution is -2.34. The molecule has 2 N–H and O–H groups in total. The molecule has 0 spiro atoms. The van der Waals surface area contributed by atoms with Gasteiger partial charge in [0.05, 0.1) is 6.61 Å². The first-order valence-corrected chi connectivity index (χ1v) is 5.79. The minimum absolute atomic E-state index is 0.0815. The van der Waals surface area contributed by atoms with Crippen molar-refractivity contribution in [1.29, 1.82) is 0 Å². The maximum absolute atomic E-state index is 6.16. The normalized spacial score (nSPS) is 13.0. The van der Waals surface area contributed by atoms with Crippen molar-refractivity contribution in [2.75, 3.05) is 33.4 Å². The molecule has 0 radical (unpaired) electrons. The lowest BCUT2D eigenvalue weighted by Gasteiger charge is -2.24. The highest BCUT2D eigenvalue weighted by molar-refractivity contribution is 5.18. The molecular weight excluding hydrogens is 200 g/mol. The zero-order valence-electron chi connectivity index (χ0n) is 10.2. The minimum Gasteiger partial charge on any atom is -0.383 e. The van der Waals surface area contributed by atoms with Gasteiger partial charge >= 0.3 is 0 Å². The van der Waals surface area contributed by atoms with Crippen LogP contribution in [0.25, 0.3) is 0 Å². The van der Waals surface area contributed by atoms with Crippen molar-refractivity contribution >= 4 is 0 Å². The van der Waals surface area contributed by atoms with E-state index < -0.39 is 0 Å². The number of ether oxygens (including phenoxy) is 1. The highest BCUT2D eigenvalue weighted by Crippen LogP contribution is 2.10. The van der Waals surface area contributed by atoms with Crippen LogP contribution in [0.4, 0.5) is 0 Å². The zero-order valence-corrected chi connectivity index (χ0v) is 10.2. The highest BCUT2D eigenvalue weighted by Gasteiger charge is 2.10. The van der Waals surface area contributed by atoms with E-state index in [1.807, 2.05) is 18.2 Å². The van der Waals surface area contributed by atoms with Crippen molar-refractivity contribution < 1.29 is 4.74 Å². The van der Waals surface area contributed by atoms with E-state index in [1.54, 1.807) is 7.11 Å². The van der Waals surface area contributed by atoms with Crippen LogP contribution < -0.4 is 5.73 Å². The molecule has 0 bridgehead atoms. The number of likely N-dealkylation sites (N-methyl/N-ethyl adjacent to an activating group) is 1. The van der Waals surface area contributed by atoms with Gasteiger partial charge in [0.1, 0.15) is 0 Å². The summed E-state index contributed by atoms with van der Waals surface area (Å²) in [6.45, 7) is 5.73. The number of hydrogen-bond donors (Lipinski definition) is 1. The van der Waals surface area contributed by atoms with Crippen molar-refractivity contribution in [2.45, 2.75) is 13.0 Å². The molecule has 0 aliphatic heterocycles. The van der Waals surface area contributed by atoms with Crippen LogP contribution in [0.15, 0.2) is 30.3 Å². The topological polar surface area (TPSA) is 38.5 Å². The monoisotopic (exact) mass is 222 g/mol. The van der Waals surface area contributed by atoms with Crippen molar-refractivity contribution in [3.8, 4) is 0 Å². The fourth-order valence-electron chi connectivity index (χ4n) is 1.68. The Labute approximate surface area is 98.2 Å². The molecule has 0 saturated heterocycles. The molecule has 0 saturated carbocycles. The second-order valence-electron chi connectivity index (χ2n) is 3.90. The fourth-order valence-corrected chi connectivity index (χ4v) is 1.68. The van der Waals surface area contributed by atoms with E-state index in [9.17, 15) is 0 Å². The molecule has 3 nitrogen and oxygen atoms in total. The number of methoxy groups -OCH3 is 1. The van der Waals surface area contributed by atoms with Crippen LogP contribution in [-0.4, -0.2) is 38.3 Å². The average Bonchev–Trinajstić information content (AvgIpc) is 2.35. The molecule has 0 aromatic heterocycles. The summed E-state index contributed by atoms with van der Waals surface area (Å²) in [7, 11) is 1.73. The Bertz CT molecular complexity index is 277. The largest absolute Gasteiger partial charge is 0.383 e. The summed E-state index contributed by atoms with van der Waals surface area (Å²) in [6.07, 6.45) is 0. The van der Waals surface area contributed by atoms with Gasteiger partial charge in [-0.15, -0.1) is 0 Å². The lowest BCUT2D eigenvalue weighted by atomic mass is 10.1. The summed E-state index contributed by atoms with van der Waals surface area (Å²) in [5.41, 5.74) is 7.35. The van der Waals surface area contributed by atoms with Crippen LogP contribution in [-0.2, 0) is 4.74 Å². The molecule has 0 amide bonds. The Kier molecular flexibility index (Phi) is 6.08. The predicted octanol–water partition coefficient (Wildman–Crippen LogP) is 1.65. The summed E-state index contributed by atoms with van der Waals surface area (Å²) in [6, 6.07) is 10.3. The molecular formula is C13H22N2O. The molecule has 1 rings (SSSR count). The Hall–Kier alpha value is -0.900. The van der Waals surface area contributed by atoms with Gasteiger partial charge in [0.2, 0.25) is 0 Å². The first-order valence-electron chi connectivity index (χ1n) is 5.79. The van der Waals surface area contributed by atoms with E-state index in [0.717, 1.165) is 26.2 Å². The molecule has 90 valence electrons. The fraction of sp³-hybridized carbons (Fsp3) is 0.538. The van der Waals surface area contributed by atoms with Gasteiger partial charge in [-0.2, -0.15) is 0 Å². The second kappa shape index (κ2) is 7.39. The van der Waals surface area contributed by atoms with Gasteiger partial charge < -0.3 is 10.5 Å². The van der Waals surface area contributed by atoms with Crippen molar-refractivity contribution in [1.82, 2.24) is 4.90 Å². The van der Waals surface area contributed by atoms with Crippen LogP contribution in [0.3, 0.4) is 0 Å². The Morgan fingerprint density at radius 3 is 2.56 bits per heavy atom. The zero-order chi connectivity index (χ0) is 11.8. The van der Waals surface area contributed by atoms with E-state index in [2.05, 4.69) is 24.0 Å². The molecule has 1 aromatic rings. The molecule has 1 aromatic carbocycles. The molecule has 0 heterocycles. The third-order valence-corrected chi connectivity index (χ3v) is 2.74. The summed E-state index contributed by atoms with van der Waals surface area (Å²) >= 11 is 0. The van der Waals surface area contributed by atoms with Crippen LogP contribution in [0.5, 0.6) is 0 Å². The molecule has 0 aliphatic carbocycles. The van der Waals surface area contributed by atoms with Crippen molar-refractivity contribution in [3.63, 3.8) is 0 Å². The maximum Gasteiger partial charge on any atom is 0.0589 e. The van der Waals surface area contributed by atoms with Crippen molar-refractivity contribution in [2.24, 2.45) is 5.73 Å². The molecule has 3 heteroatoms. The summed E-state index contributed by atoms with van der Waals surface area (Å²) in [5.74, 6) is 0. The van der Waals surface area contributed by atoms with Crippen LogP contribution in [0.1, 0.15) is 18.5 Å². The molecule has 1 unspecified atom stereocenters. The van der Waals surface area contributed by atoms with Crippen molar-refractivity contribution in [3.05, 3.63) is 35.9 Å². The highest BCUT2D eigenvalue weighted by atomic mass is 16.5. The van der Waals surface area contributed by atoms with E-state index in [1.165, 1.54) is 5.56 Å². The average molecular weight is 222 g/mol. The van der Waals surface area contributed by atoms with Gasteiger partial charge in [-0.25, -0.2) is 0 Å². The Balaban J connectivity index is 2.45. The number of hydrogen-bond acceptors (Lipinski definition) is 3. The molecule has 1 atom stereocenters. The van der Waals surface area contributed by atoms with Gasteiger partial charge in [0.25, 0.3) is 0 Å². The van der Waals surface area contributed by atoms with Gasteiger partial charge in [-0.1, -0.05) is 37.3 Å². The molecule has 16 heavy (non-hydrogen) atoms. The molecule has 0 fully saturated rings. The van der Waals surface area contributed by atoms with Gasteiger partial charge in [-0.3, -0.25) is 4.90 Å². The predicted molar refractivity (Wildman–Crippen MR) is 67.4 cm³/mol. The second-order valence-corrected chi connectivity index (χ2v) is 3.90. The van der Waals surface area contributed by atoms with Crippen LogP contribution in [0.2, 0.25) is 0 Å². The van der Waals surface area contributed by atoms with Gasteiger partial charge in [0, 0.05) is 26.2 Å². The lowest BCUT2D eigenvalue weighted by molar-refractivity contribution is 0.147. The third-order valence-electron chi connectivity index (χ3n) is 2.74. The third kappa shape index (κ3) is 4.31. The van der Waals surface area contributed by atoms with E-state index >= 15 is 0 Å². The Morgan fingerprint density at radius 2 is 2.00 bits per heavy atom. The maximum atomic E-state index is 6.16. The summed E-state index contributed by atoms with van der Waals surface area (Å²) in [4.78, 5) is 2.31. The Morgan fingerprint density at radius 1 is 1.31 bits per heavy atom. The number of nitrogens with two attached hydrogens (primary N) is 1. The van der Waals surface area contributed by atoms with Crippen LogP contribution >= 0.6 is 0 Å².